The maximum absolute atomic E-state index is 12.4. The van der Waals surface area contributed by atoms with Gasteiger partial charge in [0.05, 0.1) is 18.3 Å². The van der Waals surface area contributed by atoms with Gasteiger partial charge in [-0.25, -0.2) is 9.97 Å². The Hall–Kier alpha value is -2.93. The average Bonchev–Trinajstić information content (AvgIpc) is 3.08. The van der Waals surface area contributed by atoms with Crippen molar-refractivity contribution in [1.82, 2.24) is 20.3 Å². The summed E-state index contributed by atoms with van der Waals surface area (Å²) in [4.78, 5) is 26.8. The Morgan fingerprint density at radius 2 is 2.07 bits per heavy atom. The Kier molecular flexibility index (Phi) is 6.26. The maximum Gasteiger partial charge on any atom is 0.222 e. The summed E-state index contributed by atoms with van der Waals surface area (Å²) in [6.07, 6.45) is 2.94. The monoisotopic (exact) mass is 381 g/mol. The Bertz CT molecular complexity index is 951. The van der Waals surface area contributed by atoms with Crippen LogP contribution in [-0.2, 0) is 16.0 Å². The molecule has 7 heteroatoms. The van der Waals surface area contributed by atoms with Gasteiger partial charge in [-0.1, -0.05) is 18.2 Å². The number of aromatic amines is 1. The quantitative estimate of drug-likeness (QED) is 0.627. The molecular weight excluding hydrogens is 354 g/mol. The molecule has 2 heterocycles. The predicted molar refractivity (Wildman–Crippen MR) is 110 cm³/mol. The molecule has 0 aliphatic heterocycles. The number of para-hydroxylation sites is 1. The molecule has 1 atom stereocenters. The van der Waals surface area contributed by atoms with Gasteiger partial charge in [0, 0.05) is 57.2 Å². The summed E-state index contributed by atoms with van der Waals surface area (Å²) >= 11 is 0. The van der Waals surface area contributed by atoms with Crippen molar-refractivity contribution in [3.8, 4) is 0 Å². The van der Waals surface area contributed by atoms with Crippen LogP contribution in [-0.4, -0.2) is 48.7 Å². The van der Waals surface area contributed by atoms with Gasteiger partial charge >= 0.3 is 0 Å². The zero-order valence-electron chi connectivity index (χ0n) is 16.8. The van der Waals surface area contributed by atoms with Crippen molar-refractivity contribution in [1.29, 1.82) is 0 Å². The number of carbonyl (C=O) groups excluding carboxylic acids is 1. The van der Waals surface area contributed by atoms with E-state index in [-0.39, 0.29) is 11.9 Å². The van der Waals surface area contributed by atoms with Gasteiger partial charge in [-0.05, 0) is 18.6 Å². The van der Waals surface area contributed by atoms with Crippen LogP contribution in [0.3, 0.4) is 0 Å². The highest BCUT2D eigenvalue weighted by Crippen LogP contribution is 2.25. The second-order valence-corrected chi connectivity index (χ2v) is 7.02. The van der Waals surface area contributed by atoms with Crippen LogP contribution in [0.2, 0.25) is 0 Å². The summed E-state index contributed by atoms with van der Waals surface area (Å²) in [6, 6.07) is 9.83. The van der Waals surface area contributed by atoms with E-state index in [1.165, 1.54) is 0 Å². The normalized spacial score (nSPS) is 12.1. The van der Waals surface area contributed by atoms with E-state index in [0.717, 1.165) is 28.0 Å². The average molecular weight is 381 g/mol. The number of carbonyl (C=O) groups is 1. The second kappa shape index (κ2) is 8.84. The van der Waals surface area contributed by atoms with Gasteiger partial charge in [0.15, 0.2) is 0 Å². The first-order chi connectivity index (χ1) is 13.5. The molecule has 2 aromatic heterocycles. The zero-order chi connectivity index (χ0) is 20.1. The fourth-order valence-corrected chi connectivity index (χ4v) is 3.19. The third-order valence-corrected chi connectivity index (χ3v) is 4.63. The van der Waals surface area contributed by atoms with E-state index in [4.69, 9.17) is 4.74 Å². The van der Waals surface area contributed by atoms with Crippen LogP contribution in [0, 0.1) is 6.92 Å². The molecule has 0 spiro atoms. The van der Waals surface area contributed by atoms with Crippen molar-refractivity contribution in [3.05, 3.63) is 53.6 Å². The van der Waals surface area contributed by atoms with Crippen LogP contribution >= 0.6 is 0 Å². The third kappa shape index (κ3) is 4.67. The van der Waals surface area contributed by atoms with Crippen LogP contribution < -0.4 is 10.2 Å². The summed E-state index contributed by atoms with van der Waals surface area (Å²) in [5.41, 5.74) is 3.01. The van der Waals surface area contributed by atoms with Gasteiger partial charge < -0.3 is 19.9 Å². The number of hydrogen-bond donors (Lipinski definition) is 2. The number of benzene rings is 1. The molecule has 0 unspecified atom stereocenters. The molecule has 2 N–H and O–H groups in total. The van der Waals surface area contributed by atoms with Crippen LogP contribution in [0.4, 0.5) is 5.82 Å². The molecule has 148 valence electrons. The second-order valence-electron chi connectivity index (χ2n) is 7.02. The first kappa shape index (κ1) is 19.8. The highest BCUT2D eigenvalue weighted by molar-refractivity contribution is 5.83. The molecular formula is C21H27N5O2. The SMILES string of the molecule is COCCC(=O)N[C@@H](Cc1c[nH]c2ccccc12)c1cc(N(C)C)nc(C)n1. The number of fused-ring (bicyclic) bond motifs is 1. The lowest BCUT2D eigenvalue weighted by Crippen LogP contribution is -2.31. The van der Waals surface area contributed by atoms with Crippen molar-refractivity contribution in [2.75, 3.05) is 32.7 Å². The number of amides is 1. The molecule has 3 rings (SSSR count). The number of hydrogen-bond acceptors (Lipinski definition) is 5. The van der Waals surface area contributed by atoms with E-state index in [1.54, 1.807) is 7.11 Å². The lowest BCUT2D eigenvalue weighted by molar-refractivity contribution is -0.122. The van der Waals surface area contributed by atoms with Gasteiger partial charge in [0.25, 0.3) is 0 Å². The fraction of sp³-hybridized carbons (Fsp3) is 0.381. The number of nitrogens with zero attached hydrogens (tertiary/aromatic N) is 3. The molecule has 0 aliphatic carbocycles. The smallest absolute Gasteiger partial charge is 0.222 e. The minimum Gasteiger partial charge on any atom is -0.384 e. The summed E-state index contributed by atoms with van der Waals surface area (Å²) in [5.74, 6) is 1.43. The van der Waals surface area contributed by atoms with Crippen molar-refractivity contribution >= 4 is 22.6 Å². The highest BCUT2D eigenvalue weighted by atomic mass is 16.5. The summed E-state index contributed by atoms with van der Waals surface area (Å²) in [7, 11) is 5.47. The predicted octanol–water partition coefficient (Wildman–Crippen LogP) is 2.77. The molecule has 3 aromatic rings. The molecule has 28 heavy (non-hydrogen) atoms. The Morgan fingerprint density at radius 3 is 2.82 bits per heavy atom. The van der Waals surface area contributed by atoms with Crippen molar-refractivity contribution in [2.24, 2.45) is 0 Å². The summed E-state index contributed by atoms with van der Waals surface area (Å²) < 4.78 is 5.03. The minimum atomic E-state index is -0.260. The fourth-order valence-electron chi connectivity index (χ4n) is 3.19. The molecule has 0 bridgehead atoms. The molecule has 0 aliphatic rings. The van der Waals surface area contributed by atoms with Gasteiger partial charge in [-0.15, -0.1) is 0 Å². The Balaban J connectivity index is 1.94. The summed E-state index contributed by atoms with van der Waals surface area (Å²) in [6.45, 7) is 2.25. The first-order valence-electron chi connectivity index (χ1n) is 9.34. The zero-order valence-corrected chi connectivity index (χ0v) is 16.8. The molecule has 1 amide bonds. The van der Waals surface area contributed by atoms with E-state index in [1.807, 2.05) is 56.4 Å². The lowest BCUT2D eigenvalue weighted by atomic mass is 10.0. The van der Waals surface area contributed by atoms with Crippen LogP contribution in [0.15, 0.2) is 36.5 Å². The Labute approximate surface area is 165 Å². The molecule has 0 saturated heterocycles. The number of aromatic nitrogens is 3. The first-order valence-corrected chi connectivity index (χ1v) is 9.34. The highest BCUT2D eigenvalue weighted by Gasteiger charge is 2.20. The number of rotatable bonds is 8. The number of nitrogens with one attached hydrogen (secondary N) is 2. The minimum absolute atomic E-state index is 0.0608. The number of H-pyrrole nitrogens is 1. The standard InChI is InChI=1S/C21H27N5O2/c1-14-23-19(12-20(24-14)26(2)3)18(25-21(27)9-10-28-4)11-15-13-22-17-8-6-5-7-16(15)17/h5-8,12-13,18,22H,9-11H2,1-4H3,(H,25,27)/t18-/m0/s1. The Morgan fingerprint density at radius 1 is 1.29 bits per heavy atom. The third-order valence-electron chi connectivity index (χ3n) is 4.63. The molecule has 0 saturated carbocycles. The van der Waals surface area contributed by atoms with Gasteiger partial charge in [0.2, 0.25) is 5.91 Å². The van der Waals surface area contributed by atoms with Crippen LogP contribution in [0.25, 0.3) is 10.9 Å². The number of aryl methyl sites for hydroxylation is 1. The number of methoxy groups -OCH3 is 1. The maximum atomic E-state index is 12.4. The summed E-state index contributed by atoms with van der Waals surface area (Å²) in [5, 5.41) is 4.27. The van der Waals surface area contributed by atoms with E-state index < -0.39 is 0 Å². The van der Waals surface area contributed by atoms with Crippen LogP contribution in [0.5, 0.6) is 0 Å². The van der Waals surface area contributed by atoms with E-state index in [2.05, 4.69) is 26.3 Å². The molecule has 0 radical (unpaired) electrons. The van der Waals surface area contributed by atoms with Crippen LogP contribution in [0.1, 0.15) is 29.5 Å². The number of anilines is 1. The van der Waals surface area contributed by atoms with Crippen molar-refractivity contribution in [3.63, 3.8) is 0 Å². The molecule has 7 nitrogen and oxygen atoms in total. The van der Waals surface area contributed by atoms with E-state index in [0.29, 0.717) is 25.3 Å². The topological polar surface area (TPSA) is 83.1 Å². The number of ether oxygens (including phenoxy) is 1. The van der Waals surface area contributed by atoms with Gasteiger partial charge in [-0.2, -0.15) is 0 Å². The van der Waals surface area contributed by atoms with Crippen molar-refractivity contribution < 1.29 is 9.53 Å². The van der Waals surface area contributed by atoms with E-state index >= 15 is 0 Å². The largest absolute Gasteiger partial charge is 0.384 e. The molecule has 1 aromatic carbocycles. The molecule has 0 fully saturated rings. The van der Waals surface area contributed by atoms with Gasteiger partial charge in [-0.3, -0.25) is 4.79 Å². The lowest BCUT2D eigenvalue weighted by Gasteiger charge is -2.21. The van der Waals surface area contributed by atoms with Gasteiger partial charge in [0.1, 0.15) is 11.6 Å². The van der Waals surface area contributed by atoms with E-state index in [9.17, 15) is 4.79 Å². The van der Waals surface area contributed by atoms with Crippen molar-refractivity contribution in [2.45, 2.75) is 25.8 Å².